The molecule has 0 spiro atoms. The minimum Gasteiger partial charge on any atom is -0.329 e. The molecule has 1 fully saturated rings. The van der Waals surface area contributed by atoms with Crippen LogP contribution in [0.5, 0.6) is 0 Å². The SMILES string of the molecule is Cl.NCC1CCCN1Cc1ccsc1Cl. The molecule has 2 N–H and O–H groups in total. The molecule has 1 unspecified atom stereocenters. The third kappa shape index (κ3) is 3.08. The van der Waals surface area contributed by atoms with Gasteiger partial charge in [0.15, 0.2) is 0 Å². The first-order chi connectivity index (χ1) is 6.81. The summed E-state index contributed by atoms with van der Waals surface area (Å²) in [6, 6.07) is 2.67. The number of hydrogen-bond donors (Lipinski definition) is 1. The number of likely N-dealkylation sites (tertiary alicyclic amines) is 1. The second-order valence-corrected chi connectivity index (χ2v) is 5.24. The molecule has 15 heavy (non-hydrogen) atoms. The van der Waals surface area contributed by atoms with Gasteiger partial charge in [-0.25, -0.2) is 0 Å². The molecule has 0 aliphatic carbocycles. The molecule has 1 aliphatic heterocycles. The number of rotatable bonds is 3. The minimum absolute atomic E-state index is 0. The van der Waals surface area contributed by atoms with Gasteiger partial charge in [0.1, 0.15) is 0 Å². The van der Waals surface area contributed by atoms with Crippen molar-refractivity contribution in [3.8, 4) is 0 Å². The quantitative estimate of drug-likeness (QED) is 0.912. The molecular weight excluding hydrogens is 251 g/mol. The number of halogens is 2. The van der Waals surface area contributed by atoms with Gasteiger partial charge in [0.25, 0.3) is 0 Å². The molecule has 0 bridgehead atoms. The highest BCUT2D eigenvalue weighted by Gasteiger charge is 2.23. The molecule has 86 valence electrons. The van der Waals surface area contributed by atoms with Crippen molar-refractivity contribution in [3.63, 3.8) is 0 Å². The fraction of sp³-hybridized carbons (Fsp3) is 0.600. The van der Waals surface area contributed by atoms with Gasteiger partial charge in [-0.3, -0.25) is 4.90 Å². The van der Waals surface area contributed by atoms with Crippen molar-refractivity contribution in [1.82, 2.24) is 4.90 Å². The first-order valence-corrected chi connectivity index (χ1v) is 6.23. The van der Waals surface area contributed by atoms with Crippen molar-refractivity contribution in [1.29, 1.82) is 0 Å². The average Bonchev–Trinajstić information content (AvgIpc) is 2.77. The van der Waals surface area contributed by atoms with E-state index in [4.69, 9.17) is 17.3 Å². The zero-order valence-electron chi connectivity index (χ0n) is 8.49. The second kappa shape index (κ2) is 6.06. The predicted molar refractivity (Wildman–Crippen MR) is 69.1 cm³/mol. The summed E-state index contributed by atoms with van der Waals surface area (Å²) in [4.78, 5) is 2.44. The number of thiophene rings is 1. The lowest BCUT2D eigenvalue weighted by atomic mass is 10.2. The summed E-state index contributed by atoms with van der Waals surface area (Å²) in [5, 5.41) is 2.05. The van der Waals surface area contributed by atoms with E-state index in [1.54, 1.807) is 11.3 Å². The van der Waals surface area contributed by atoms with Crippen molar-refractivity contribution in [3.05, 3.63) is 21.3 Å². The topological polar surface area (TPSA) is 29.3 Å². The van der Waals surface area contributed by atoms with Crippen molar-refractivity contribution < 1.29 is 0 Å². The van der Waals surface area contributed by atoms with Gasteiger partial charge in [-0.05, 0) is 36.4 Å². The minimum atomic E-state index is 0. The summed E-state index contributed by atoms with van der Waals surface area (Å²) in [6.07, 6.45) is 2.50. The van der Waals surface area contributed by atoms with Gasteiger partial charge in [-0.2, -0.15) is 0 Å². The molecular formula is C10H16Cl2N2S. The van der Waals surface area contributed by atoms with E-state index in [1.165, 1.54) is 18.4 Å². The molecule has 1 aromatic heterocycles. The zero-order valence-corrected chi connectivity index (χ0v) is 10.9. The van der Waals surface area contributed by atoms with Crippen LogP contribution >= 0.6 is 35.3 Å². The van der Waals surface area contributed by atoms with E-state index < -0.39 is 0 Å². The molecule has 2 heterocycles. The average molecular weight is 267 g/mol. The van der Waals surface area contributed by atoms with Crippen molar-refractivity contribution >= 4 is 35.3 Å². The van der Waals surface area contributed by atoms with Crippen LogP contribution in [0.1, 0.15) is 18.4 Å². The van der Waals surface area contributed by atoms with Crippen LogP contribution in [-0.2, 0) is 6.54 Å². The van der Waals surface area contributed by atoms with E-state index in [1.807, 2.05) is 5.38 Å². The standard InChI is InChI=1S/C10H15ClN2S.ClH/c11-10-8(3-5-14-10)7-13-4-1-2-9(13)6-12;/h3,5,9H,1-2,4,6-7,12H2;1H. The highest BCUT2D eigenvalue weighted by Crippen LogP contribution is 2.26. The summed E-state index contributed by atoms with van der Waals surface area (Å²) in [7, 11) is 0. The molecule has 5 heteroatoms. The van der Waals surface area contributed by atoms with Gasteiger partial charge in [0.2, 0.25) is 0 Å². The van der Waals surface area contributed by atoms with Crippen LogP contribution in [0, 0.1) is 0 Å². The molecule has 0 radical (unpaired) electrons. The van der Waals surface area contributed by atoms with E-state index >= 15 is 0 Å². The summed E-state index contributed by atoms with van der Waals surface area (Å²) in [5.41, 5.74) is 6.97. The van der Waals surface area contributed by atoms with Gasteiger partial charge in [0, 0.05) is 19.1 Å². The lowest BCUT2D eigenvalue weighted by Crippen LogP contribution is -2.34. The van der Waals surface area contributed by atoms with Crippen LogP contribution in [0.2, 0.25) is 4.34 Å². The molecule has 0 amide bonds. The van der Waals surface area contributed by atoms with Crippen LogP contribution in [-0.4, -0.2) is 24.0 Å². The predicted octanol–water partition coefficient (Wildman–Crippen LogP) is 2.75. The fourth-order valence-electron chi connectivity index (χ4n) is 2.02. The fourth-order valence-corrected chi connectivity index (χ4v) is 2.93. The maximum absolute atomic E-state index is 6.07. The Labute approximate surface area is 106 Å². The maximum Gasteiger partial charge on any atom is 0.0973 e. The van der Waals surface area contributed by atoms with E-state index in [0.29, 0.717) is 6.04 Å². The van der Waals surface area contributed by atoms with Crippen molar-refractivity contribution in [2.24, 2.45) is 5.73 Å². The first-order valence-electron chi connectivity index (χ1n) is 4.97. The van der Waals surface area contributed by atoms with E-state index in [0.717, 1.165) is 24.0 Å². The Morgan fingerprint density at radius 3 is 3.00 bits per heavy atom. The van der Waals surface area contributed by atoms with Crippen molar-refractivity contribution in [2.45, 2.75) is 25.4 Å². The Bertz CT molecular complexity index is 303. The largest absolute Gasteiger partial charge is 0.329 e. The Morgan fingerprint density at radius 1 is 1.60 bits per heavy atom. The summed E-state index contributed by atoms with van der Waals surface area (Å²) in [5.74, 6) is 0. The lowest BCUT2D eigenvalue weighted by molar-refractivity contribution is 0.250. The Kier molecular flexibility index (Phi) is 5.36. The normalized spacial score (nSPS) is 21.6. The number of nitrogens with zero attached hydrogens (tertiary/aromatic N) is 1. The highest BCUT2D eigenvalue weighted by atomic mass is 35.5. The zero-order chi connectivity index (χ0) is 9.97. The maximum atomic E-state index is 6.07. The van der Waals surface area contributed by atoms with Crippen LogP contribution in [0.25, 0.3) is 0 Å². The van der Waals surface area contributed by atoms with Crippen LogP contribution < -0.4 is 5.73 Å². The summed E-state index contributed by atoms with van der Waals surface area (Å²) in [6.45, 7) is 2.89. The van der Waals surface area contributed by atoms with Gasteiger partial charge in [-0.1, -0.05) is 11.6 Å². The molecule has 1 atom stereocenters. The molecule has 0 aromatic carbocycles. The van der Waals surface area contributed by atoms with Gasteiger partial charge < -0.3 is 5.73 Å². The Balaban J connectivity index is 0.00000112. The molecule has 1 aliphatic rings. The smallest absolute Gasteiger partial charge is 0.0973 e. The van der Waals surface area contributed by atoms with Gasteiger partial charge in [-0.15, -0.1) is 23.7 Å². The number of hydrogen-bond acceptors (Lipinski definition) is 3. The molecule has 2 rings (SSSR count). The van der Waals surface area contributed by atoms with Crippen LogP contribution in [0.15, 0.2) is 11.4 Å². The van der Waals surface area contributed by atoms with Crippen molar-refractivity contribution in [2.75, 3.05) is 13.1 Å². The van der Waals surface area contributed by atoms with Gasteiger partial charge >= 0.3 is 0 Å². The van der Waals surface area contributed by atoms with E-state index in [-0.39, 0.29) is 12.4 Å². The molecule has 1 saturated heterocycles. The third-order valence-corrected chi connectivity index (χ3v) is 4.09. The first kappa shape index (κ1) is 13.3. The van der Waals surface area contributed by atoms with Crippen LogP contribution in [0.3, 0.4) is 0 Å². The highest BCUT2D eigenvalue weighted by molar-refractivity contribution is 7.14. The summed E-state index contributed by atoms with van der Waals surface area (Å²) < 4.78 is 0.924. The summed E-state index contributed by atoms with van der Waals surface area (Å²) >= 11 is 7.67. The lowest BCUT2D eigenvalue weighted by Gasteiger charge is -2.22. The van der Waals surface area contributed by atoms with Gasteiger partial charge in [0.05, 0.1) is 4.34 Å². The molecule has 0 saturated carbocycles. The Morgan fingerprint density at radius 2 is 2.40 bits per heavy atom. The third-order valence-electron chi connectivity index (χ3n) is 2.84. The molecule has 1 aromatic rings. The number of nitrogens with two attached hydrogens (primary N) is 1. The molecule has 2 nitrogen and oxygen atoms in total. The Hall–Kier alpha value is 0.200. The second-order valence-electron chi connectivity index (χ2n) is 3.72. The monoisotopic (exact) mass is 266 g/mol. The van der Waals surface area contributed by atoms with Crippen LogP contribution in [0.4, 0.5) is 0 Å². The van der Waals surface area contributed by atoms with E-state index in [2.05, 4.69) is 11.0 Å². The van der Waals surface area contributed by atoms with E-state index in [9.17, 15) is 0 Å².